The lowest BCUT2D eigenvalue weighted by atomic mass is 9.94. The molecule has 0 spiro atoms. The summed E-state index contributed by atoms with van der Waals surface area (Å²) in [5, 5.41) is 0. The first-order valence-electron chi connectivity index (χ1n) is 6.49. The van der Waals surface area contributed by atoms with Crippen molar-refractivity contribution in [2.75, 3.05) is 18.0 Å². The van der Waals surface area contributed by atoms with Gasteiger partial charge < -0.3 is 9.64 Å². The van der Waals surface area contributed by atoms with Crippen molar-refractivity contribution in [3.05, 3.63) is 24.3 Å². The summed E-state index contributed by atoms with van der Waals surface area (Å²) in [5.41, 5.74) is 0.785. The molecule has 100 valence electrons. The van der Waals surface area contributed by atoms with E-state index in [1.165, 1.54) is 6.42 Å². The summed E-state index contributed by atoms with van der Waals surface area (Å²) in [5.74, 6) is 1.05. The minimum atomic E-state index is -2.76. The highest BCUT2D eigenvalue weighted by Crippen LogP contribution is 2.32. The highest BCUT2D eigenvalue weighted by atomic mass is 19.3. The third-order valence-corrected chi connectivity index (χ3v) is 3.61. The van der Waals surface area contributed by atoms with E-state index in [0.29, 0.717) is 0 Å². The van der Waals surface area contributed by atoms with Crippen LogP contribution in [0.5, 0.6) is 5.75 Å². The molecule has 0 unspecified atom stereocenters. The molecule has 0 atom stereocenters. The highest BCUT2D eigenvalue weighted by Gasteiger charge is 2.21. The van der Waals surface area contributed by atoms with E-state index < -0.39 is 6.61 Å². The molecule has 0 aliphatic carbocycles. The minimum Gasteiger partial charge on any atom is -0.433 e. The number of rotatable bonds is 4. The first-order chi connectivity index (χ1) is 8.70. The standard InChI is InChI=1S/C14H19F2NO/c1-2-11-7-9-17(10-8-11)12-5-3-4-6-13(12)18-14(15)16/h3-6,11,14H,2,7-10H2,1H3. The van der Waals surface area contributed by atoms with Gasteiger partial charge in [-0.2, -0.15) is 8.78 Å². The number of hydrogen-bond acceptors (Lipinski definition) is 2. The average molecular weight is 255 g/mol. The topological polar surface area (TPSA) is 12.5 Å². The van der Waals surface area contributed by atoms with Crippen LogP contribution in [-0.2, 0) is 0 Å². The zero-order chi connectivity index (χ0) is 13.0. The van der Waals surface area contributed by atoms with Gasteiger partial charge in [0.2, 0.25) is 0 Å². The molecular formula is C14H19F2NO. The number of halogens is 2. The van der Waals surface area contributed by atoms with E-state index in [0.717, 1.165) is 37.5 Å². The Kier molecular flexibility index (Phi) is 4.39. The molecule has 1 aromatic carbocycles. The van der Waals surface area contributed by atoms with Crippen LogP contribution in [0.25, 0.3) is 0 Å². The SMILES string of the molecule is CCC1CCN(c2ccccc2OC(F)F)CC1. The lowest BCUT2D eigenvalue weighted by Gasteiger charge is -2.34. The van der Waals surface area contributed by atoms with Crippen molar-refractivity contribution in [1.82, 2.24) is 0 Å². The lowest BCUT2D eigenvalue weighted by molar-refractivity contribution is -0.0495. The van der Waals surface area contributed by atoms with E-state index >= 15 is 0 Å². The quantitative estimate of drug-likeness (QED) is 0.808. The van der Waals surface area contributed by atoms with E-state index in [1.807, 2.05) is 12.1 Å². The Labute approximate surface area is 107 Å². The first kappa shape index (κ1) is 13.1. The van der Waals surface area contributed by atoms with Crippen molar-refractivity contribution in [3.63, 3.8) is 0 Å². The number of hydrogen-bond donors (Lipinski definition) is 0. The molecule has 2 rings (SSSR count). The summed E-state index contributed by atoms with van der Waals surface area (Å²) < 4.78 is 29.3. The monoisotopic (exact) mass is 255 g/mol. The van der Waals surface area contributed by atoms with Gasteiger partial charge in [-0.1, -0.05) is 25.5 Å². The van der Waals surface area contributed by atoms with Crippen molar-refractivity contribution in [1.29, 1.82) is 0 Å². The molecule has 2 nitrogen and oxygen atoms in total. The van der Waals surface area contributed by atoms with Crippen LogP contribution in [-0.4, -0.2) is 19.7 Å². The van der Waals surface area contributed by atoms with Gasteiger partial charge in [0, 0.05) is 13.1 Å². The van der Waals surface area contributed by atoms with Gasteiger partial charge in [-0.3, -0.25) is 0 Å². The lowest BCUT2D eigenvalue weighted by Crippen LogP contribution is -2.33. The summed E-state index contributed by atoms with van der Waals surface area (Å²) in [6, 6.07) is 7.04. The van der Waals surface area contributed by atoms with Crippen LogP contribution in [0.15, 0.2) is 24.3 Å². The van der Waals surface area contributed by atoms with Crippen molar-refractivity contribution in [3.8, 4) is 5.75 Å². The maximum atomic E-state index is 12.3. The minimum absolute atomic E-state index is 0.280. The molecule has 1 heterocycles. The number of anilines is 1. The van der Waals surface area contributed by atoms with Crippen LogP contribution >= 0.6 is 0 Å². The maximum Gasteiger partial charge on any atom is 0.387 e. The van der Waals surface area contributed by atoms with E-state index in [9.17, 15) is 8.78 Å². The summed E-state index contributed by atoms with van der Waals surface area (Å²) in [7, 11) is 0. The van der Waals surface area contributed by atoms with Crippen molar-refractivity contribution in [2.45, 2.75) is 32.8 Å². The number of ether oxygens (including phenoxy) is 1. The van der Waals surface area contributed by atoms with Gasteiger partial charge in [0.15, 0.2) is 0 Å². The molecule has 1 aliphatic rings. The Hall–Kier alpha value is -1.32. The van der Waals surface area contributed by atoms with Crippen LogP contribution < -0.4 is 9.64 Å². The molecular weight excluding hydrogens is 236 g/mol. The third-order valence-electron chi connectivity index (χ3n) is 3.61. The largest absolute Gasteiger partial charge is 0.433 e. The average Bonchev–Trinajstić information content (AvgIpc) is 2.39. The van der Waals surface area contributed by atoms with Crippen LogP contribution in [0.1, 0.15) is 26.2 Å². The molecule has 1 aromatic rings. The Morgan fingerprint density at radius 1 is 1.28 bits per heavy atom. The van der Waals surface area contributed by atoms with E-state index in [-0.39, 0.29) is 5.75 Å². The molecule has 1 saturated heterocycles. The van der Waals surface area contributed by atoms with Crippen LogP contribution in [0.3, 0.4) is 0 Å². The van der Waals surface area contributed by atoms with Gasteiger partial charge in [-0.15, -0.1) is 0 Å². The highest BCUT2D eigenvalue weighted by molar-refractivity contribution is 5.58. The van der Waals surface area contributed by atoms with Crippen molar-refractivity contribution >= 4 is 5.69 Å². The fraction of sp³-hybridized carbons (Fsp3) is 0.571. The summed E-state index contributed by atoms with van der Waals surface area (Å²) in [4.78, 5) is 2.14. The molecule has 0 amide bonds. The fourth-order valence-electron chi connectivity index (χ4n) is 2.50. The maximum absolute atomic E-state index is 12.3. The number of piperidine rings is 1. The van der Waals surface area contributed by atoms with Gasteiger partial charge in [0.1, 0.15) is 5.75 Å². The predicted molar refractivity (Wildman–Crippen MR) is 68.3 cm³/mol. The fourth-order valence-corrected chi connectivity index (χ4v) is 2.50. The number of benzene rings is 1. The Morgan fingerprint density at radius 3 is 2.56 bits per heavy atom. The normalized spacial score (nSPS) is 17.2. The van der Waals surface area contributed by atoms with Gasteiger partial charge in [0.25, 0.3) is 0 Å². The molecule has 1 aliphatic heterocycles. The Bertz CT molecular complexity index is 376. The number of para-hydroxylation sites is 2. The smallest absolute Gasteiger partial charge is 0.387 e. The van der Waals surface area contributed by atoms with E-state index in [2.05, 4.69) is 16.6 Å². The number of nitrogens with zero attached hydrogens (tertiary/aromatic N) is 1. The second-order valence-corrected chi connectivity index (χ2v) is 4.68. The summed E-state index contributed by atoms with van der Waals surface area (Å²) >= 11 is 0. The molecule has 0 bridgehead atoms. The zero-order valence-corrected chi connectivity index (χ0v) is 10.6. The molecule has 0 aromatic heterocycles. The molecule has 1 fully saturated rings. The van der Waals surface area contributed by atoms with Crippen molar-refractivity contribution < 1.29 is 13.5 Å². The molecule has 18 heavy (non-hydrogen) atoms. The van der Waals surface area contributed by atoms with Crippen LogP contribution in [0.2, 0.25) is 0 Å². The second-order valence-electron chi connectivity index (χ2n) is 4.68. The zero-order valence-electron chi connectivity index (χ0n) is 10.6. The summed E-state index contributed by atoms with van der Waals surface area (Å²) in [6.07, 6.45) is 3.45. The summed E-state index contributed by atoms with van der Waals surface area (Å²) in [6.45, 7) is 1.28. The van der Waals surface area contributed by atoms with Gasteiger partial charge >= 0.3 is 6.61 Å². The third kappa shape index (κ3) is 3.12. The Morgan fingerprint density at radius 2 is 1.94 bits per heavy atom. The first-order valence-corrected chi connectivity index (χ1v) is 6.49. The predicted octanol–water partition coefficient (Wildman–Crippen LogP) is 3.91. The van der Waals surface area contributed by atoms with E-state index in [1.54, 1.807) is 12.1 Å². The Balaban J connectivity index is 2.08. The van der Waals surface area contributed by atoms with Crippen LogP contribution in [0.4, 0.5) is 14.5 Å². The van der Waals surface area contributed by atoms with Crippen LogP contribution in [0, 0.1) is 5.92 Å². The molecule has 0 saturated carbocycles. The molecule has 4 heteroatoms. The van der Waals surface area contributed by atoms with Gasteiger partial charge in [0.05, 0.1) is 5.69 Å². The van der Waals surface area contributed by atoms with Gasteiger partial charge in [-0.25, -0.2) is 0 Å². The van der Waals surface area contributed by atoms with Gasteiger partial charge in [-0.05, 0) is 30.9 Å². The number of alkyl halides is 2. The van der Waals surface area contributed by atoms with Crippen molar-refractivity contribution in [2.24, 2.45) is 5.92 Å². The van der Waals surface area contributed by atoms with E-state index in [4.69, 9.17) is 0 Å². The molecule has 0 radical (unpaired) electrons. The molecule has 0 N–H and O–H groups in total. The second kappa shape index (κ2) is 6.03.